The van der Waals surface area contributed by atoms with Gasteiger partial charge in [0.1, 0.15) is 0 Å². The van der Waals surface area contributed by atoms with E-state index in [1.807, 2.05) is 0 Å². The summed E-state index contributed by atoms with van der Waals surface area (Å²) in [4.78, 5) is 15.0. The van der Waals surface area contributed by atoms with E-state index in [1.54, 1.807) is 0 Å². The summed E-state index contributed by atoms with van der Waals surface area (Å²) in [6, 6.07) is 0.0751. The summed E-state index contributed by atoms with van der Waals surface area (Å²) in [5.74, 6) is 1.00. The fourth-order valence-corrected chi connectivity index (χ4v) is 3.75. The van der Waals surface area contributed by atoms with Crippen molar-refractivity contribution >= 4 is 5.91 Å². The van der Waals surface area contributed by atoms with Gasteiger partial charge in [0, 0.05) is 6.54 Å². The lowest BCUT2D eigenvalue weighted by molar-refractivity contribution is -0.131. The Bertz CT molecular complexity index is 349. The molecule has 0 spiro atoms. The third-order valence-electron chi connectivity index (χ3n) is 5.14. The van der Waals surface area contributed by atoms with Gasteiger partial charge in [-0.05, 0) is 43.4 Å². The fourth-order valence-electron chi connectivity index (χ4n) is 3.75. The van der Waals surface area contributed by atoms with Crippen LogP contribution in [0.4, 0.5) is 0 Å². The molecule has 2 unspecified atom stereocenters. The van der Waals surface area contributed by atoms with Crippen molar-refractivity contribution in [2.24, 2.45) is 11.3 Å². The van der Waals surface area contributed by atoms with Crippen molar-refractivity contribution in [2.45, 2.75) is 91.3 Å². The van der Waals surface area contributed by atoms with Gasteiger partial charge in [-0.25, -0.2) is 0 Å². The Morgan fingerprint density at radius 3 is 2.52 bits per heavy atom. The molecular formula is C18H34N2O. The van der Waals surface area contributed by atoms with E-state index in [0.29, 0.717) is 17.2 Å². The Labute approximate surface area is 130 Å². The zero-order chi connectivity index (χ0) is 15.5. The van der Waals surface area contributed by atoms with Crippen molar-refractivity contribution in [3.05, 3.63) is 0 Å². The third-order valence-corrected chi connectivity index (χ3v) is 5.14. The first kappa shape index (κ1) is 16.8. The van der Waals surface area contributed by atoms with Gasteiger partial charge in [-0.2, -0.15) is 0 Å². The van der Waals surface area contributed by atoms with E-state index < -0.39 is 0 Å². The van der Waals surface area contributed by atoms with Crippen LogP contribution in [0.5, 0.6) is 0 Å². The molecule has 2 rings (SSSR count). The standard InChI is InChI=1S/C18H34N2O/c1-5-7-8-15-17(21)20(16(19-15)12-14(3)4)13-18(9-6-2)10-11-18/h14-16,19H,5-13H2,1-4H3. The summed E-state index contributed by atoms with van der Waals surface area (Å²) >= 11 is 0. The summed E-state index contributed by atoms with van der Waals surface area (Å²) in [6.45, 7) is 9.96. The number of nitrogens with zero attached hydrogens (tertiary/aromatic N) is 1. The lowest BCUT2D eigenvalue weighted by Gasteiger charge is -2.29. The molecule has 2 atom stereocenters. The zero-order valence-corrected chi connectivity index (χ0v) is 14.5. The second-order valence-electron chi connectivity index (χ2n) is 7.72. The average molecular weight is 294 g/mol. The largest absolute Gasteiger partial charge is 0.325 e. The van der Waals surface area contributed by atoms with Gasteiger partial charge in [-0.3, -0.25) is 10.1 Å². The first-order valence-electron chi connectivity index (χ1n) is 9.08. The maximum absolute atomic E-state index is 12.8. The minimum atomic E-state index is 0.0751. The number of carbonyl (C=O) groups is 1. The van der Waals surface area contributed by atoms with E-state index in [-0.39, 0.29) is 12.2 Å². The first-order chi connectivity index (χ1) is 10.0. The summed E-state index contributed by atoms with van der Waals surface area (Å²) < 4.78 is 0. The molecule has 0 bridgehead atoms. The highest BCUT2D eigenvalue weighted by Crippen LogP contribution is 2.50. The summed E-state index contributed by atoms with van der Waals surface area (Å²) in [5.41, 5.74) is 0.459. The van der Waals surface area contributed by atoms with Crippen molar-refractivity contribution in [1.29, 1.82) is 0 Å². The Morgan fingerprint density at radius 2 is 2.00 bits per heavy atom. The van der Waals surface area contributed by atoms with Crippen molar-refractivity contribution < 1.29 is 4.79 Å². The molecule has 3 nitrogen and oxygen atoms in total. The van der Waals surface area contributed by atoms with Crippen molar-refractivity contribution in [1.82, 2.24) is 10.2 Å². The molecule has 1 aliphatic carbocycles. The molecule has 0 aromatic carbocycles. The summed E-state index contributed by atoms with van der Waals surface area (Å²) in [7, 11) is 0. The van der Waals surface area contributed by atoms with Crippen LogP contribution in [-0.4, -0.2) is 29.6 Å². The minimum absolute atomic E-state index is 0.0751. The quantitative estimate of drug-likeness (QED) is 0.699. The lowest BCUT2D eigenvalue weighted by Crippen LogP contribution is -2.41. The number of hydrogen-bond acceptors (Lipinski definition) is 2. The van der Waals surface area contributed by atoms with Crippen LogP contribution >= 0.6 is 0 Å². The van der Waals surface area contributed by atoms with Gasteiger partial charge in [0.2, 0.25) is 5.91 Å². The predicted molar refractivity (Wildman–Crippen MR) is 88.0 cm³/mol. The number of carbonyl (C=O) groups excluding carboxylic acids is 1. The molecule has 0 radical (unpaired) electrons. The third kappa shape index (κ3) is 4.21. The van der Waals surface area contributed by atoms with Gasteiger partial charge in [-0.15, -0.1) is 0 Å². The number of nitrogens with one attached hydrogen (secondary N) is 1. The van der Waals surface area contributed by atoms with E-state index in [1.165, 1.54) is 32.1 Å². The van der Waals surface area contributed by atoms with Crippen LogP contribution in [0.2, 0.25) is 0 Å². The van der Waals surface area contributed by atoms with E-state index in [9.17, 15) is 4.79 Å². The topological polar surface area (TPSA) is 32.3 Å². The maximum atomic E-state index is 12.8. The monoisotopic (exact) mass is 294 g/mol. The van der Waals surface area contributed by atoms with Gasteiger partial charge < -0.3 is 4.90 Å². The van der Waals surface area contributed by atoms with Crippen LogP contribution in [-0.2, 0) is 4.79 Å². The molecule has 1 heterocycles. The molecule has 1 saturated heterocycles. The lowest BCUT2D eigenvalue weighted by atomic mass is 9.99. The minimum Gasteiger partial charge on any atom is -0.325 e. The van der Waals surface area contributed by atoms with E-state index in [4.69, 9.17) is 0 Å². The first-order valence-corrected chi connectivity index (χ1v) is 9.08. The number of unbranched alkanes of at least 4 members (excludes halogenated alkanes) is 1. The highest BCUT2D eigenvalue weighted by atomic mass is 16.2. The SMILES string of the molecule is CCCCC1NC(CC(C)C)N(CC2(CCC)CC2)C1=O. The van der Waals surface area contributed by atoms with Crippen molar-refractivity contribution in [3.63, 3.8) is 0 Å². The van der Waals surface area contributed by atoms with Crippen LogP contribution in [0, 0.1) is 11.3 Å². The number of rotatable bonds is 9. The van der Waals surface area contributed by atoms with Gasteiger partial charge in [0.15, 0.2) is 0 Å². The van der Waals surface area contributed by atoms with Crippen LogP contribution in [0.15, 0.2) is 0 Å². The molecule has 1 saturated carbocycles. The highest BCUT2D eigenvalue weighted by molar-refractivity contribution is 5.84. The van der Waals surface area contributed by atoms with E-state index in [0.717, 1.165) is 25.8 Å². The van der Waals surface area contributed by atoms with Crippen LogP contribution in [0.25, 0.3) is 0 Å². The van der Waals surface area contributed by atoms with Gasteiger partial charge in [0.05, 0.1) is 12.2 Å². The second-order valence-corrected chi connectivity index (χ2v) is 7.72. The molecule has 1 amide bonds. The molecule has 122 valence electrons. The highest BCUT2D eigenvalue weighted by Gasteiger charge is 2.48. The Hall–Kier alpha value is -0.570. The van der Waals surface area contributed by atoms with Crippen LogP contribution in [0.3, 0.4) is 0 Å². The predicted octanol–water partition coefficient (Wildman–Crippen LogP) is 3.93. The van der Waals surface area contributed by atoms with Crippen molar-refractivity contribution in [3.8, 4) is 0 Å². The zero-order valence-electron chi connectivity index (χ0n) is 14.5. The Morgan fingerprint density at radius 1 is 1.29 bits per heavy atom. The summed E-state index contributed by atoms with van der Waals surface area (Å²) in [5, 5.41) is 3.63. The number of hydrogen-bond donors (Lipinski definition) is 1. The van der Waals surface area contributed by atoms with Gasteiger partial charge in [0.25, 0.3) is 0 Å². The average Bonchev–Trinajstić information content (AvgIpc) is 3.12. The molecule has 2 fully saturated rings. The molecule has 3 heteroatoms. The fraction of sp³-hybridized carbons (Fsp3) is 0.944. The Kier molecular flexibility index (Phi) is 5.70. The molecular weight excluding hydrogens is 260 g/mol. The molecule has 0 aromatic rings. The van der Waals surface area contributed by atoms with Crippen LogP contribution in [0.1, 0.15) is 79.1 Å². The van der Waals surface area contributed by atoms with E-state index in [2.05, 4.69) is 37.9 Å². The van der Waals surface area contributed by atoms with Crippen LogP contribution < -0.4 is 5.32 Å². The van der Waals surface area contributed by atoms with E-state index >= 15 is 0 Å². The Balaban J connectivity index is 2.01. The molecule has 1 aliphatic heterocycles. The molecule has 21 heavy (non-hydrogen) atoms. The number of amides is 1. The smallest absolute Gasteiger partial charge is 0.241 e. The van der Waals surface area contributed by atoms with Crippen molar-refractivity contribution in [2.75, 3.05) is 6.54 Å². The molecule has 2 aliphatic rings. The van der Waals surface area contributed by atoms with Gasteiger partial charge >= 0.3 is 0 Å². The second kappa shape index (κ2) is 7.13. The normalized spacial score (nSPS) is 27.7. The summed E-state index contributed by atoms with van der Waals surface area (Å²) in [6.07, 6.45) is 9.82. The maximum Gasteiger partial charge on any atom is 0.241 e. The molecule has 1 N–H and O–H groups in total. The van der Waals surface area contributed by atoms with Gasteiger partial charge in [-0.1, -0.05) is 47.0 Å². The molecule has 0 aromatic heterocycles.